The second-order valence-electron chi connectivity index (χ2n) is 9.61. The molecular weight excluding hydrogens is 483 g/mol. The smallest absolute Gasteiger partial charge is 0.310 e. The molecule has 0 radical (unpaired) electrons. The van der Waals surface area contributed by atoms with Gasteiger partial charge in [-0.3, -0.25) is 14.4 Å². The van der Waals surface area contributed by atoms with Crippen LogP contribution in [0, 0.1) is 18.7 Å². The van der Waals surface area contributed by atoms with E-state index in [9.17, 15) is 18.8 Å². The summed E-state index contributed by atoms with van der Waals surface area (Å²) in [7, 11) is 0. The van der Waals surface area contributed by atoms with E-state index in [-0.39, 0.29) is 42.5 Å². The van der Waals surface area contributed by atoms with Gasteiger partial charge in [0.15, 0.2) is 0 Å². The van der Waals surface area contributed by atoms with Crippen LogP contribution in [-0.2, 0) is 27.3 Å². The van der Waals surface area contributed by atoms with Crippen molar-refractivity contribution in [3.05, 3.63) is 101 Å². The normalized spacial score (nSPS) is 15.1. The predicted octanol–water partition coefficient (Wildman–Crippen LogP) is 5.33. The Morgan fingerprint density at radius 2 is 1.76 bits per heavy atom. The fourth-order valence-electron chi connectivity index (χ4n) is 4.79. The molecule has 0 N–H and O–H groups in total. The van der Waals surface area contributed by atoms with Crippen LogP contribution in [0.4, 0.5) is 10.1 Å². The van der Waals surface area contributed by atoms with Crippen molar-refractivity contribution in [2.45, 2.75) is 39.7 Å². The molecule has 0 spiro atoms. The third kappa shape index (κ3) is 6.65. The summed E-state index contributed by atoms with van der Waals surface area (Å²) in [6.07, 6.45) is 1.63. The minimum absolute atomic E-state index is 0.0635. The molecule has 198 valence electrons. The number of nitrogens with zero attached hydrogens (tertiary/aromatic N) is 2. The molecule has 3 aromatic rings. The van der Waals surface area contributed by atoms with Gasteiger partial charge in [-0.05, 0) is 73.7 Å². The van der Waals surface area contributed by atoms with Crippen LogP contribution in [0.15, 0.2) is 72.8 Å². The van der Waals surface area contributed by atoms with Gasteiger partial charge in [0.05, 0.1) is 25.5 Å². The number of piperidine rings is 1. The van der Waals surface area contributed by atoms with Crippen molar-refractivity contribution < 1.29 is 23.5 Å². The quantitative estimate of drug-likeness (QED) is 0.380. The second-order valence-corrected chi connectivity index (χ2v) is 9.61. The van der Waals surface area contributed by atoms with Crippen LogP contribution in [0.25, 0.3) is 0 Å². The highest BCUT2D eigenvalue weighted by Gasteiger charge is 2.29. The first kappa shape index (κ1) is 27.0. The zero-order valence-corrected chi connectivity index (χ0v) is 21.9. The molecule has 1 saturated heterocycles. The van der Waals surface area contributed by atoms with E-state index in [2.05, 4.69) is 0 Å². The lowest BCUT2D eigenvalue weighted by Gasteiger charge is -2.31. The highest BCUT2D eigenvalue weighted by Crippen LogP contribution is 2.25. The molecule has 4 rings (SSSR count). The van der Waals surface area contributed by atoms with Crippen molar-refractivity contribution in [3.63, 3.8) is 0 Å². The van der Waals surface area contributed by atoms with Gasteiger partial charge in [-0.15, -0.1) is 0 Å². The third-order valence-electron chi connectivity index (χ3n) is 6.85. The summed E-state index contributed by atoms with van der Waals surface area (Å²) in [5, 5.41) is 0. The summed E-state index contributed by atoms with van der Waals surface area (Å²) in [4.78, 5) is 42.4. The molecule has 0 bridgehead atoms. The van der Waals surface area contributed by atoms with Crippen molar-refractivity contribution in [1.82, 2.24) is 4.90 Å². The molecule has 7 heteroatoms. The number of rotatable bonds is 8. The Hall–Kier alpha value is -4.00. The Kier molecular flexibility index (Phi) is 8.89. The zero-order chi connectivity index (χ0) is 27.1. The van der Waals surface area contributed by atoms with E-state index in [1.54, 1.807) is 34.9 Å². The van der Waals surface area contributed by atoms with Gasteiger partial charge < -0.3 is 14.5 Å². The Morgan fingerprint density at radius 1 is 1.00 bits per heavy atom. The monoisotopic (exact) mass is 516 g/mol. The van der Waals surface area contributed by atoms with Gasteiger partial charge in [0, 0.05) is 24.3 Å². The van der Waals surface area contributed by atoms with E-state index in [4.69, 9.17) is 4.74 Å². The minimum atomic E-state index is -0.339. The maximum Gasteiger partial charge on any atom is 0.310 e. The maximum absolute atomic E-state index is 13.7. The largest absolute Gasteiger partial charge is 0.466 e. The van der Waals surface area contributed by atoms with Crippen molar-refractivity contribution >= 4 is 23.5 Å². The van der Waals surface area contributed by atoms with Crippen LogP contribution in [0.1, 0.15) is 46.8 Å². The summed E-state index contributed by atoms with van der Waals surface area (Å²) >= 11 is 0. The number of benzene rings is 3. The van der Waals surface area contributed by atoms with Gasteiger partial charge in [-0.1, -0.05) is 42.5 Å². The molecule has 0 aromatic heterocycles. The topological polar surface area (TPSA) is 66.9 Å². The average molecular weight is 517 g/mol. The standard InChI is InChI=1S/C31H33FN2O4/c1-3-38-31(37)25-10-7-17-33(21-25)29(35)19-24-9-6-11-27(18-24)34(20-23-13-15-26(32)16-14-23)30(36)28-12-5-4-8-22(28)2/h4-6,8-9,11-16,18,25H,3,7,10,17,19-21H2,1-2H3. The molecule has 0 aliphatic carbocycles. The predicted molar refractivity (Wildman–Crippen MR) is 144 cm³/mol. The molecule has 6 nitrogen and oxygen atoms in total. The fraction of sp³-hybridized carbons (Fsp3) is 0.323. The highest BCUT2D eigenvalue weighted by atomic mass is 19.1. The van der Waals surface area contributed by atoms with Crippen LogP contribution < -0.4 is 4.90 Å². The number of halogens is 1. The number of carbonyl (C=O) groups excluding carboxylic acids is 3. The Labute approximate surface area is 223 Å². The lowest BCUT2D eigenvalue weighted by molar-refractivity contribution is -0.151. The molecule has 1 atom stereocenters. The highest BCUT2D eigenvalue weighted by molar-refractivity contribution is 6.07. The second kappa shape index (κ2) is 12.5. The van der Waals surface area contributed by atoms with Crippen molar-refractivity contribution in [1.29, 1.82) is 0 Å². The number of anilines is 1. The van der Waals surface area contributed by atoms with Crippen LogP contribution in [0.3, 0.4) is 0 Å². The first-order valence-corrected chi connectivity index (χ1v) is 13.0. The van der Waals surface area contributed by atoms with Crippen LogP contribution >= 0.6 is 0 Å². The van der Waals surface area contributed by atoms with E-state index in [1.165, 1.54) is 12.1 Å². The first-order chi connectivity index (χ1) is 18.4. The Morgan fingerprint density at radius 3 is 2.50 bits per heavy atom. The molecule has 1 heterocycles. The molecule has 1 aliphatic rings. The minimum Gasteiger partial charge on any atom is -0.466 e. The number of carbonyl (C=O) groups is 3. The number of ether oxygens (including phenoxy) is 1. The lowest BCUT2D eigenvalue weighted by atomic mass is 9.97. The van der Waals surface area contributed by atoms with Crippen molar-refractivity contribution in [3.8, 4) is 0 Å². The number of likely N-dealkylation sites (tertiary alicyclic amines) is 1. The summed E-state index contributed by atoms with van der Waals surface area (Å²) in [5.41, 5.74) is 3.64. The fourth-order valence-corrected chi connectivity index (χ4v) is 4.79. The van der Waals surface area contributed by atoms with E-state index in [1.807, 2.05) is 49.4 Å². The van der Waals surface area contributed by atoms with Gasteiger partial charge in [0.1, 0.15) is 5.82 Å². The Bertz CT molecular complexity index is 1290. The molecule has 0 saturated carbocycles. The molecule has 1 aliphatic heterocycles. The number of aryl methyl sites for hydroxylation is 1. The number of hydrogen-bond acceptors (Lipinski definition) is 4. The molecule has 38 heavy (non-hydrogen) atoms. The number of esters is 1. The number of hydrogen-bond donors (Lipinski definition) is 0. The van der Waals surface area contributed by atoms with E-state index in [0.717, 1.165) is 29.5 Å². The van der Waals surface area contributed by atoms with Crippen molar-refractivity contribution in [2.24, 2.45) is 5.92 Å². The van der Waals surface area contributed by atoms with Gasteiger partial charge in [0.25, 0.3) is 5.91 Å². The summed E-state index contributed by atoms with van der Waals surface area (Å²) < 4.78 is 18.7. The summed E-state index contributed by atoms with van der Waals surface area (Å²) in [5.74, 6) is -1.13. The molecule has 2 amide bonds. The van der Waals surface area contributed by atoms with E-state index >= 15 is 0 Å². The van der Waals surface area contributed by atoms with Gasteiger partial charge >= 0.3 is 5.97 Å². The van der Waals surface area contributed by atoms with Crippen LogP contribution in [0.2, 0.25) is 0 Å². The summed E-state index contributed by atoms with van der Waals surface area (Å²) in [6.45, 7) is 5.21. The van der Waals surface area contributed by atoms with Crippen molar-refractivity contribution in [2.75, 3.05) is 24.6 Å². The maximum atomic E-state index is 13.7. The van der Waals surface area contributed by atoms with E-state index in [0.29, 0.717) is 30.9 Å². The van der Waals surface area contributed by atoms with Gasteiger partial charge in [-0.2, -0.15) is 0 Å². The first-order valence-electron chi connectivity index (χ1n) is 13.0. The number of amides is 2. The molecule has 1 unspecified atom stereocenters. The van der Waals surface area contributed by atoms with Gasteiger partial charge in [-0.25, -0.2) is 4.39 Å². The zero-order valence-electron chi connectivity index (χ0n) is 21.9. The molecule has 1 fully saturated rings. The SMILES string of the molecule is CCOC(=O)C1CCCN(C(=O)Cc2cccc(N(Cc3ccc(F)cc3)C(=O)c3ccccc3C)c2)C1. The van der Waals surface area contributed by atoms with Crippen LogP contribution in [0.5, 0.6) is 0 Å². The van der Waals surface area contributed by atoms with E-state index < -0.39 is 0 Å². The lowest BCUT2D eigenvalue weighted by Crippen LogP contribution is -2.43. The van der Waals surface area contributed by atoms with Gasteiger partial charge in [0.2, 0.25) is 5.91 Å². The Balaban J connectivity index is 1.56. The average Bonchev–Trinajstić information content (AvgIpc) is 2.93. The summed E-state index contributed by atoms with van der Waals surface area (Å²) in [6, 6.07) is 20.9. The third-order valence-corrected chi connectivity index (χ3v) is 6.85. The molecular formula is C31H33FN2O4. The van der Waals surface area contributed by atoms with Crippen LogP contribution in [-0.4, -0.2) is 42.4 Å². The molecule has 3 aromatic carbocycles.